The number of halogens is 1. The van der Waals surface area contributed by atoms with Crippen molar-refractivity contribution < 1.29 is 4.79 Å². The molecule has 1 unspecified atom stereocenters. The zero-order valence-corrected chi connectivity index (χ0v) is 12.8. The van der Waals surface area contributed by atoms with E-state index >= 15 is 0 Å². The molecule has 1 amide bonds. The van der Waals surface area contributed by atoms with Gasteiger partial charge in [-0.25, -0.2) is 0 Å². The van der Waals surface area contributed by atoms with Gasteiger partial charge in [-0.05, 0) is 50.0 Å². The predicted octanol–water partition coefficient (Wildman–Crippen LogP) is 3.63. The molecule has 0 saturated carbocycles. The molecule has 0 spiro atoms. The van der Waals surface area contributed by atoms with Crippen molar-refractivity contribution in [3.05, 3.63) is 33.8 Å². The summed E-state index contributed by atoms with van der Waals surface area (Å²) in [6.07, 6.45) is 3.08. The molecule has 0 radical (unpaired) electrons. The first-order valence-electron chi connectivity index (χ1n) is 5.60. The number of rotatable bonds is 5. The lowest BCUT2D eigenvalue weighted by Gasteiger charge is -2.14. The van der Waals surface area contributed by atoms with Crippen LogP contribution in [0.5, 0.6) is 0 Å². The monoisotopic (exact) mass is 315 g/mol. The van der Waals surface area contributed by atoms with Crippen LogP contribution in [0.1, 0.15) is 29.3 Å². The highest BCUT2D eigenvalue weighted by Gasteiger charge is 2.12. The predicted molar refractivity (Wildman–Crippen MR) is 78.8 cm³/mol. The van der Waals surface area contributed by atoms with Crippen molar-refractivity contribution >= 4 is 33.6 Å². The lowest BCUT2D eigenvalue weighted by Crippen LogP contribution is -2.33. The molecular weight excluding hydrogens is 298 g/mol. The van der Waals surface area contributed by atoms with E-state index in [9.17, 15) is 4.79 Å². The topological polar surface area (TPSA) is 29.1 Å². The molecular formula is C13H18BrNOS. The van der Waals surface area contributed by atoms with Gasteiger partial charge in [0.1, 0.15) is 0 Å². The van der Waals surface area contributed by atoms with Crippen LogP contribution in [0.4, 0.5) is 0 Å². The molecule has 0 fully saturated rings. The van der Waals surface area contributed by atoms with E-state index in [1.807, 2.05) is 32.0 Å². The number of benzene rings is 1. The van der Waals surface area contributed by atoms with Gasteiger partial charge in [-0.15, -0.1) is 0 Å². The summed E-state index contributed by atoms with van der Waals surface area (Å²) < 4.78 is 0.935. The summed E-state index contributed by atoms with van der Waals surface area (Å²) in [5.41, 5.74) is 1.75. The van der Waals surface area contributed by atoms with E-state index in [0.29, 0.717) is 0 Å². The van der Waals surface area contributed by atoms with E-state index < -0.39 is 0 Å². The first-order chi connectivity index (χ1) is 8.04. The molecule has 0 aliphatic rings. The Morgan fingerprint density at radius 3 is 2.88 bits per heavy atom. The van der Waals surface area contributed by atoms with Crippen molar-refractivity contribution in [2.75, 3.05) is 12.0 Å². The van der Waals surface area contributed by atoms with Crippen molar-refractivity contribution in [3.63, 3.8) is 0 Å². The highest BCUT2D eigenvalue weighted by molar-refractivity contribution is 9.10. The molecule has 0 aliphatic heterocycles. The first-order valence-corrected chi connectivity index (χ1v) is 7.79. The number of hydrogen-bond donors (Lipinski definition) is 1. The van der Waals surface area contributed by atoms with E-state index in [2.05, 4.69) is 27.5 Å². The quantitative estimate of drug-likeness (QED) is 0.899. The van der Waals surface area contributed by atoms with Gasteiger partial charge in [0.25, 0.3) is 5.91 Å². The number of thioether (sulfide) groups is 1. The Morgan fingerprint density at radius 2 is 2.24 bits per heavy atom. The van der Waals surface area contributed by atoms with Crippen LogP contribution in [0.25, 0.3) is 0 Å². The molecule has 0 bridgehead atoms. The normalized spacial score (nSPS) is 12.2. The lowest BCUT2D eigenvalue weighted by molar-refractivity contribution is 0.0939. The summed E-state index contributed by atoms with van der Waals surface area (Å²) in [5.74, 6) is 1.08. The standard InChI is InChI=1S/C13H18BrNOS/c1-9-4-5-11(14)8-12(9)13(16)15-10(2)6-7-17-3/h4-5,8,10H,6-7H2,1-3H3,(H,15,16). The molecule has 1 atom stereocenters. The summed E-state index contributed by atoms with van der Waals surface area (Å²) in [6.45, 7) is 4.00. The molecule has 2 nitrogen and oxygen atoms in total. The summed E-state index contributed by atoms with van der Waals surface area (Å²) in [6, 6.07) is 5.98. The fraction of sp³-hybridized carbons (Fsp3) is 0.462. The third-order valence-electron chi connectivity index (χ3n) is 2.58. The zero-order valence-electron chi connectivity index (χ0n) is 10.4. The van der Waals surface area contributed by atoms with Crippen molar-refractivity contribution in [2.45, 2.75) is 26.3 Å². The van der Waals surface area contributed by atoms with Gasteiger partial charge in [0.05, 0.1) is 0 Å². The van der Waals surface area contributed by atoms with Crippen molar-refractivity contribution in [2.24, 2.45) is 0 Å². The van der Waals surface area contributed by atoms with Gasteiger partial charge >= 0.3 is 0 Å². The Labute approximate surface area is 116 Å². The molecule has 4 heteroatoms. The Balaban J connectivity index is 2.66. The summed E-state index contributed by atoms with van der Waals surface area (Å²) in [4.78, 5) is 12.1. The molecule has 1 rings (SSSR count). The summed E-state index contributed by atoms with van der Waals surface area (Å²) in [5, 5.41) is 3.03. The van der Waals surface area contributed by atoms with Crippen LogP contribution >= 0.6 is 27.7 Å². The Hall–Kier alpha value is -0.480. The Kier molecular flexibility index (Phi) is 6.06. The zero-order chi connectivity index (χ0) is 12.8. The number of hydrogen-bond acceptors (Lipinski definition) is 2. The van der Waals surface area contributed by atoms with Crippen LogP contribution in [0.3, 0.4) is 0 Å². The van der Waals surface area contributed by atoms with E-state index in [4.69, 9.17) is 0 Å². The van der Waals surface area contributed by atoms with Gasteiger partial charge in [-0.2, -0.15) is 11.8 Å². The van der Waals surface area contributed by atoms with Crippen LogP contribution < -0.4 is 5.32 Å². The first kappa shape index (κ1) is 14.6. The Morgan fingerprint density at radius 1 is 1.53 bits per heavy atom. The van der Waals surface area contributed by atoms with Gasteiger partial charge in [0.2, 0.25) is 0 Å². The third kappa shape index (κ3) is 4.72. The summed E-state index contributed by atoms with van der Waals surface area (Å²) in [7, 11) is 0. The largest absolute Gasteiger partial charge is 0.350 e. The molecule has 1 N–H and O–H groups in total. The van der Waals surface area contributed by atoms with Crippen LogP contribution in [-0.4, -0.2) is 24.0 Å². The van der Waals surface area contributed by atoms with E-state index in [1.54, 1.807) is 11.8 Å². The van der Waals surface area contributed by atoms with E-state index in [-0.39, 0.29) is 11.9 Å². The van der Waals surface area contributed by atoms with Gasteiger partial charge in [0.15, 0.2) is 0 Å². The van der Waals surface area contributed by atoms with Gasteiger partial charge in [0, 0.05) is 16.1 Å². The molecule has 94 valence electrons. The summed E-state index contributed by atoms with van der Waals surface area (Å²) >= 11 is 5.19. The van der Waals surface area contributed by atoms with Crippen molar-refractivity contribution in [1.29, 1.82) is 0 Å². The molecule has 0 aliphatic carbocycles. The second kappa shape index (κ2) is 7.07. The van der Waals surface area contributed by atoms with Crippen LogP contribution in [0.2, 0.25) is 0 Å². The van der Waals surface area contributed by atoms with Crippen LogP contribution in [0.15, 0.2) is 22.7 Å². The minimum absolute atomic E-state index is 0.0115. The smallest absolute Gasteiger partial charge is 0.251 e. The number of carbonyl (C=O) groups excluding carboxylic acids is 1. The second-order valence-corrected chi connectivity index (χ2v) is 6.02. The number of carbonyl (C=O) groups is 1. The van der Waals surface area contributed by atoms with Crippen LogP contribution in [0, 0.1) is 6.92 Å². The number of amides is 1. The molecule has 0 aromatic heterocycles. The molecule has 1 aromatic carbocycles. The maximum Gasteiger partial charge on any atom is 0.251 e. The number of nitrogens with one attached hydrogen (secondary N) is 1. The fourth-order valence-corrected chi connectivity index (χ4v) is 2.46. The van der Waals surface area contributed by atoms with Crippen LogP contribution in [-0.2, 0) is 0 Å². The fourth-order valence-electron chi connectivity index (χ4n) is 1.51. The van der Waals surface area contributed by atoms with Crippen molar-refractivity contribution in [3.8, 4) is 0 Å². The maximum atomic E-state index is 12.1. The molecule has 0 saturated heterocycles. The Bertz CT molecular complexity index is 395. The van der Waals surface area contributed by atoms with Gasteiger partial charge in [-0.1, -0.05) is 22.0 Å². The van der Waals surface area contributed by atoms with Gasteiger partial charge in [-0.3, -0.25) is 4.79 Å². The lowest BCUT2D eigenvalue weighted by atomic mass is 10.1. The molecule has 17 heavy (non-hydrogen) atoms. The highest BCUT2D eigenvalue weighted by Crippen LogP contribution is 2.16. The van der Waals surface area contributed by atoms with E-state index in [0.717, 1.165) is 27.8 Å². The second-order valence-electron chi connectivity index (χ2n) is 4.12. The maximum absolute atomic E-state index is 12.1. The van der Waals surface area contributed by atoms with Crippen molar-refractivity contribution in [1.82, 2.24) is 5.32 Å². The minimum atomic E-state index is 0.0115. The van der Waals surface area contributed by atoms with E-state index in [1.165, 1.54) is 0 Å². The average Bonchev–Trinajstić information content (AvgIpc) is 2.29. The third-order valence-corrected chi connectivity index (χ3v) is 3.71. The van der Waals surface area contributed by atoms with Gasteiger partial charge < -0.3 is 5.32 Å². The average molecular weight is 316 g/mol. The molecule has 1 aromatic rings. The highest BCUT2D eigenvalue weighted by atomic mass is 79.9. The SMILES string of the molecule is CSCCC(C)NC(=O)c1cc(Br)ccc1C. The number of aryl methyl sites for hydroxylation is 1. The molecule has 0 heterocycles. The minimum Gasteiger partial charge on any atom is -0.350 e.